The van der Waals surface area contributed by atoms with Crippen LogP contribution in [0.4, 0.5) is 16.2 Å². The van der Waals surface area contributed by atoms with E-state index in [1.54, 1.807) is 32.4 Å². The van der Waals surface area contributed by atoms with E-state index >= 15 is 0 Å². The zero-order valence-electron chi connectivity index (χ0n) is 20.9. The summed E-state index contributed by atoms with van der Waals surface area (Å²) in [6, 6.07) is 10.5. The summed E-state index contributed by atoms with van der Waals surface area (Å²) in [6.07, 6.45) is 0.889. The van der Waals surface area contributed by atoms with Gasteiger partial charge in [-0.3, -0.25) is 4.79 Å². The number of urea groups is 1. The summed E-state index contributed by atoms with van der Waals surface area (Å²) >= 11 is 0. The second-order valence-corrected chi connectivity index (χ2v) is 9.49. The van der Waals surface area contributed by atoms with Crippen molar-refractivity contribution in [2.45, 2.75) is 40.7 Å². The van der Waals surface area contributed by atoms with Crippen LogP contribution in [0.25, 0.3) is 0 Å². The monoisotopic (exact) mass is 469 g/mol. The second kappa shape index (κ2) is 10.7. The molecule has 0 aliphatic carbocycles. The Morgan fingerprint density at radius 3 is 2.53 bits per heavy atom. The van der Waals surface area contributed by atoms with E-state index in [1.807, 2.05) is 36.9 Å². The van der Waals surface area contributed by atoms with Crippen molar-refractivity contribution in [3.8, 4) is 17.2 Å². The molecule has 0 fully saturated rings. The zero-order valence-corrected chi connectivity index (χ0v) is 20.9. The Bertz CT molecular complexity index is 1040. The number of ether oxygens (including phenoxy) is 3. The molecule has 1 aliphatic heterocycles. The van der Waals surface area contributed by atoms with Gasteiger partial charge in [0, 0.05) is 24.8 Å². The van der Waals surface area contributed by atoms with Crippen molar-refractivity contribution in [3.63, 3.8) is 0 Å². The zero-order chi connectivity index (χ0) is 24.9. The highest BCUT2D eigenvalue weighted by atomic mass is 16.5. The lowest BCUT2D eigenvalue weighted by Crippen LogP contribution is -2.42. The molecule has 0 bridgehead atoms. The Morgan fingerprint density at radius 2 is 1.85 bits per heavy atom. The van der Waals surface area contributed by atoms with Gasteiger partial charge in [-0.25, -0.2) is 4.79 Å². The van der Waals surface area contributed by atoms with Gasteiger partial charge < -0.3 is 29.7 Å². The summed E-state index contributed by atoms with van der Waals surface area (Å²) in [4.78, 5) is 27.5. The van der Waals surface area contributed by atoms with Crippen LogP contribution in [0.5, 0.6) is 17.2 Å². The summed E-state index contributed by atoms with van der Waals surface area (Å²) in [7, 11) is 3.15. The first-order valence-electron chi connectivity index (χ1n) is 11.5. The maximum absolute atomic E-state index is 13.2. The largest absolute Gasteiger partial charge is 0.493 e. The van der Waals surface area contributed by atoms with Gasteiger partial charge in [0.2, 0.25) is 5.91 Å². The maximum Gasteiger partial charge on any atom is 0.319 e. The van der Waals surface area contributed by atoms with Crippen LogP contribution >= 0.6 is 0 Å². The fraction of sp³-hybridized carbons (Fsp3) is 0.462. The van der Waals surface area contributed by atoms with Gasteiger partial charge in [-0.05, 0) is 56.0 Å². The molecule has 8 nitrogen and oxygen atoms in total. The Kier molecular flexibility index (Phi) is 7.91. The van der Waals surface area contributed by atoms with E-state index in [1.165, 1.54) is 0 Å². The highest BCUT2D eigenvalue weighted by Gasteiger charge is 2.37. The number of rotatable bonds is 8. The van der Waals surface area contributed by atoms with Crippen molar-refractivity contribution >= 4 is 23.3 Å². The van der Waals surface area contributed by atoms with Crippen LogP contribution in [0.15, 0.2) is 36.4 Å². The van der Waals surface area contributed by atoms with Crippen LogP contribution < -0.4 is 29.7 Å². The Balaban J connectivity index is 1.70. The lowest BCUT2D eigenvalue weighted by molar-refractivity contribution is -0.127. The Hall–Kier alpha value is -3.42. The Morgan fingerprint density at radius 1 is 1.12 bits per heavy atom. The SMILES string of the molecule is COc1ccc(CNC(=O)Nc2ccc3c(c2)OCC(C)(C)C(=O)N3CCC(C)C)cc1OC. The van der Waals surface area contributed by atoms with E-state index in [-0.39, 0.29) is 18.5 Å². The van der Waals surface area contributed by atoms with Crippen molar-refractivity contribution < 1.29 is 23.8 Å². The van der Waals surface area contributed by atoms with Crippen LogP contribution in [0.1, 0.15) is 39.7 Å². The van der Waals surface area contributed by atoms with E-state index in [0.29, 0.717) is 41.9 Å². The summed E-state index contributed by atoms with van der Waals surface area (Å²) in [5, 5.41) is 5.68. The molecule has 184 valence electrons. The number of nitrogens with zero attached hydrogens (tertiary/aromatic N) is 1. The van der Waals surface area contributed by atoms with E-state index in [0.717, 1.165) is 17.7 Å². The van der Waals surface area contributed by atoms with Gasteiger partial charge >= 0.3 is 6.03 Å². The molecule has 2 aromatic rings. The first-order valence-corrected chi connectivity index (χ1v) is 11.5. The molecule has 2 aromatic carbocycles. The molecular weight excluding hydrogens is 434 g/mol. The topological polar surface area (TPSA) is 89.1 Å². The van der Waals surface area contributed by atoms with Gasteiger partial charge in [0.15, 0.2) is 11.5 Å². The molecule has 0 atom stereocenters. The summed E-state index contributed by atoms with van der Waals surface area (Å²) in [5.41, 5.74) is 1.55. The third kappa shape index (κ3) is 5.92. The number of amides is 3. The van der Waals surface area contributed by atoms with Gasteiger partial charge in [-0.15, -0.1) is 0 Å². The third-order valence-corrected chi connectivity index (χ3v) is 5.75. The van der Waals surface area contributed by atoms with Crippen LogP contribution in [0.3, 0.4) is 0 Å². The molecule has 34 heavy (non-hydrogen) atoms. The molecule has 0 saturated heterocycles. The van der Waals surface area contributed by atoms with E-state index in [9.17, 15) is 9.59 Å². The molecule has 0 saturated carbocycles. The third-order valence-electron chi connectivity index (χ3n) is 5.75. The number of hydrogen-bond donors (Lipinski definition) is 2. The molecular formula is C26H35N3O5. The smallest absolute Gasteiger partial charge is 0.319 e. The second-order valence-electron chi connectivity index (χ2n) is 9.49. The minimum absolute atomic E-state index is 0.0419. The lowest BCUT2D eigenvalue weighted by atomic mass is 9.92. The van der Waals surface area contributed by atoms with Crippen molar-refractivity contribution in [2.24, 2.45) is 11.3 Å². The fourth-order valence-corrected chi connectivity index (χ4v) is 3.68. The highest BCUT2D eigenvalue weighted by molar-refractivity contribution is 6.00. The number of fused-ring (bicyclic) bond motifs is 1. The number of nitrogens with one attached hydrogen (secondary N) is 2. The normalized spacial score (nSPS) is 14.7. The molecule has 0 spiro atoms. The summed E-state index contributed by atoms with van der Waals surface area (Å²) in [5.74, 6) is 2.33. The minimum Gasteiger partial charge on any atom is -0.493 e. The molecule has 8 heteroatoms. The van der Waals surface area contributed by atoms with Crippen molar-refractivity contribution in [1.82, 2.24) is 5.32 Å². The van der Waals surface area contributed by atoms with Gasteiger partial charge in [0.25, 0.3) is 0 Å². The van der Waals surface area contributed by atoms with Crippen LogP contribution in [0.2, 0.25) is 0 Å². The first-order chi connectivity index (χ1) is 16.1. The predicted molar refractivity (Wildman–Crippen MR) is 133 cm³/mol. The molecule has 1 aliphatic rings. The molecule has 3 rings (SSSR count). The number of carbonyl (C=O) groups is 2. The first kappa shape index (κ1) is 25.2. The quantitative estimate of drug-likeness (QED) is 0.578. The molecule has 3 amide bonds. The van der Waals surface area contributed by atoms with Gasteiger partial charge in [0.1, 0.15) is 12.4 Å². The molecule has 2 N–H and O–H groups in total. The molecule has 0 radical (unpaired) electrons. The molecule has 0 unspecified atom stereocenters. The van der Waals surface area contributed by atoms with Gasteiger partial charge in [-0.2, -0.15) is 0 Å². The molecule has 1 heterocycles. The fourth-order valence-electron chi connectivity index (χ4n) is 3.68. The van der Waals surface area contributed by atoms with Crippen molar-refractivity contribution in [3.05, 3.63) is 42.0 Å². The maximum atomic E-state index is 13.2. The minimum atomic E-state index is -0.639. The van der Waals surface area contributed by atoms with Crippen LogP contribution in [-0.2, 0) is 11.3 Å². The van der Waals surface area contributed by atoms with Crippen LogP contribution in [-0.4, -0.2) is 39.3 Å². The number of anilines is 2. The standard InChI is InChI=1S/C26H35N3O5/c1-17(2)11-12-29-20-9-8-19(14-22(20)34-16-26(3,4)24(29)30)28-25(31)27-15-18-7-10-21(32-5)23(13-18)33-6/h7-10,13-14,17H,11-12,15-16H2,1-6H3,(H2,27,28,31). The predicted octanol–water partition coefficient (Wildman–Crippen LogP) is 4.82. The number of benzene rings is 2. The summed E-state index contributed by atoms with van der Waals surface area (Å²) < 4.78 is 16.6. The Labute approximate surface area is 201 Å². The van der Waals surface area contributed by atoms with Gasteiger partial charge in [-0.1, -0.05) is 19.9 Å². The number of hydrogen-bond acceptors (Lipinski definition) is 5. The van der Waals surface area contributed by atoms with Crippen molar-refractivity contribution in [1.29, 1.82) is 0 Å². The molecule has 0 aromatic heterocycles. The van der Waals surface area contributed by atoms with E-state index in [4.69, 9.17) is 14.2 Å². The van der Waals surface area contributed by atoms with E-state index < -0.39 is 5.41 Å². The van der Waals surface area contributed by atoms with Crippen LogP contribution in [0, 0.1) is 11.3 Å². The summed E-state index contributed by atoms with van der Waals surface area (Å²) in [6.45, 7) is 9.27. The highest BCUT2D eigenvalue weighted by Crippen LogP contribution is 2.38. The number of methoxy groups -OCH3 is 2. The van der Waals surface area contributed by atoms with Gasteiger partial charge in [0.05, 0.1) is 25.3 Å². The average Bonchev–Trinajstić information content (AvgIpc) is 2.90. The number of carbonyl (C=O) groups excluding carboxylic acids is 2. The van der Waals surface area contributed by atoms with E-state index in [2.05, 4.69) is 24.5 Å². The van der Waals surface area contributed by atoms with Crippen molar-refractivity contribution in [2.75, 3.05) is 37.6 Å². The average molecular weight is 470 g/mol. The lowest BCUT2D eigenvalue weighted by Gasteiger charge is -2.28.